The van der Waals surface area contributed by atoms with E-state index in [0.29, 0.717) is 17.3 Å². The van der Waals surface area contributed by atoms with Gasteiger partial charge in [0.15, 0.2) is 11.5 Å². The summed E-state index contributed by atoms with van der Waals surface area (Å²) in [4.78, 5) is 13.0. The number of carbonyl (C=O) groups excluding carboxylic acids is 1. The molecule has 0 saturated heterocycles. The second-order valence-electron chi connectivity index (χ2n) is 4.79. The summed E-state index contributed by atoms with van der Waals surface area (Å²) in [6.07, 6.45) is -3.27. The smallest absolute Gasteiger partial charge is 0.406 e. The first-order valence-corrected chi connectivity index (χ1v) is 6.80. The highest BCUT2D eigenvalue weighted by molar-refractivity contribution is 5.95. The predicted molar refractivity (Wildman–Crippen MR) is 76.1 cm³/mol. The minimum absolute atomic E-state index is 0.0252. The molecule has 1 aliphatic rings. The molecule has 23 heavy (non-hydrogen) atoms. The molecule has 1 aliphatic heterocycles. The number of ether oxygens (including phenoxy) is 3. The van der Waals surface area contributed by atoms with E-state index in [-0.39, 0.29) is 30.2 Å². The number of rotatable bonds is 5. The molecule has 0 bridgehead atoms. The van der Waals surface area contributed by atoms with Crippen LogP contribution < -0.4 is 14.2 Å². The first-order chi connectivity index (χ1) is 10.9. The molecular formula is C15H16F3NO4. The van der Waals surface area contributed by atoms with E-state index in [2.05, 4.69) is 6.58 Å². The topological polar surface area (TPSA) is 48.0 Å². The monoisotopic (exact) mass is 331 g/mol. The van der Waals surface area contributed by atoms with Crippen molar-refractivity contribution in [3.05, 3.63) is 30.4 Å². The van der Waals surface area contributed by atoms with Crippen LogP contribution in [0.15, 0.2) is 24.8 Å². The average Bonchev–Trinajstić information content (AvgIpc) is 2.51. The fraction of sp³-hybridized carbons (Fsp3) is 0.400. The van der Waals surface area contributed by atoms with Gasteiger partial charge in [0.2, 0.25) is 5.75 Å². The molecule has 8 heteroatoms. The summed E-state index contributed by atoms with van der Waals surface area (Å²) in [5.74, 6) is 0.0412. The van der Waals surface area contributed by atoms with Crippen LogP contribution in [-0.2, 0) is 0 Å². The van der Waals surface area contributed by atoms with E-state index in [0.717, 1.165) is 0 Å². The largest absolute Gasteiger partial charge is 0.493 e. The molecule has 0 radical (unpaired) electrons. The van der Waals surface area contributed by atoms with Gasteiger partial charge in [-0.3, -0.25) is 4.79 Å². The molecule has 1 aromatic rings. The van der Waals surface area contributed by atoms with Crippen molar-refractivity contribution in [3.8, 4) is 17.2 Å². The molecule has 5 nitrogen and oxygen atoms in total. The highest BCUT2D eigenvalue weighted by atomic mass is 19.4. The molecule has 0 atom stereocenters. The maximum absolute atomic E-state index is 12.6. The number of hydrogen-bond acceptors (Lipinski definition) is 4. The molecule has 0 N–H and O–H groups in total. The number of carbonyl (C=O) groups is 1. The summed E-state index contributed by atoms with van der Waals surface area (Å²) < 4.78 is 53.8. The van der Waals surface area contributed by atoms with E-state index < -0.39 is 18.6 Å². The Morgan fingerprint density at radius 2 is 2.09 bits per heavy atom. The van der Waals surface area contributed by atoms with Crippen molar-refractivity contribution in [1.29, 1.82) is 0 Å². The molecule has 0 aliphatic carbocycles. The Hall–Kier alpha value is -2.38. The molecule has 1 aromatic carbocycles. The Morgan fingerprint density at radius 1 is 1.39 bits per heavy atom. The fourth-order valence-corrected chi connectivity index (χ4v) is 2.17. The highest BCUT2D eigenvalue weighted by Gasteiger charge is 2.33. The van der Waals surface area contributed by atoms with Gasteiger partial charge in [-0.1, -0.05) is 6.08 Å². The van der Waals surface area contributed by atoms with Crippen molar-refractivity contribution in [3.63, 3.8) is 0 Å². The summed E-state index contributed by atoms with van der Waals surface area (Å²) >= 11 is 0. The van der Waals surface area contributed by atoms with E-state index in [1.807, 2.05) is 0 Å². The Balaban J connectivity index is 2.35. The van der Waals surface area contributed by atoms with Gasteiger partial charge in [0, 0.05) is 12.1 Å². The van der Waals surface area contributed by atoms with Crippen LogP contribution in [0.5, 0.6) is 17.2 Å². The lowest BCUT2D eigenvalue weighted by molar-refractivity contribution is -0.139. The Bertz CT molecular complexity index is 584. The predicted octanol–water partition coefficient (Wildman–Crippen LogP) is 2.66. The lowest BCUT2D eigenvalue weighted by atomic mass is 10.1. The highest BCUT2D eigenvalue weighted by Crippen LogP contribution is 2.40. The molecule has 1 amide bonds. The Morgan fingerprint density at radius 3 is 2.70 bits per heavy atom. The zero-order valence-corrected chi connectivity index (χ0v) is 12.5. The first-order valence-electron chi connectivity index (χ1n) is 6.80. The fourth-order valence-electron chi connectivity index (χ4n) is 2.17. The van der Waals surface area contributed by atoms with Gasteiger partial charge in [-0.2, -0.15) is 13.2 Å². The minimum Gasteiger partial charge on any atom is -0.493 e. The normalized spacial score (nSPS) is 13.4. The van der Waals surface area contributed by atoms with Crippen LogP contribution in [0.4, 0.5) is 13.2 Å². The van der Waals surface area contributed by atoms with Crippen LogP contribution >= 0.6 is 0 Å². The first kappa shape index (κ1) is 17.0. The summed E-state index contributed by atoms with van der Waals surface area (Å²) in [5.41, 5.74) is 0.0252. The molecule has 0 spiro atoms. The minimum atomic E-state index is -4.50. The van der Waals surface area contributed by atoms with Crippen LogP contribution in [0.25, 0.3) is 0 Å². The number of benzene rings is 1. The van der Waals surface area contributed by atoms with Crippen molar-refractivity contribution >= 4 is 5.91 Å². The summed E-state index contributed by atoms with van der Waals surface area (Å²) in [6, 6.07) is 2.69. The van der Waals surface area contributed by atoms with Crippen LogP contribution in [0.3, 0.4) is 0 Å². The van der Waals surface area contributed by atoms with E-state index in [1.54, 1.807) is 0 Å². The van der Waals surface area contributed by atoms with Crippen LogP contribution in [-0.4, -0.2) is 50.4 Å². The van der Waals surface area contributed by atoms with Crippen molar-refractivity contribution in [1.82, 2.24) is 4.90 Å². The van der Waals surface area contributed by atoms with Gasteiger partial charge in [0.05, 0.1) is 7.11 Å². The summed E-state index contributed by atoms with van der Waals surface area (Å²) in [6.45, 7) is 2.40. The van der Waals surface area contributed by atoms with E-state index in [4.69, 9.17) is 14.2 Å². The molecule has 126 valence electrons. The standard InChI is InChI=1S/C15H16F3NO4/c1-3-4-19(9-15(16,17)18)14(20)10-7-11(21-2)13-12(8-10)22-5-6-23-13/h3,7-8H,1,4-6,9H2,2H3. The maximum Gasteiger partial charge on any atom is 0.406 e. The molecule has 0 aromatic heterocycles. The third-order valence-corrected chi connectivity index (χ3v) is 3.08. The van der Waals surface area contributed by atoms with E-state index in [9.17, 15) is 18.0 Å². The molecule has 0 fully saturated rings. The van der Waals surface area contributed by atoms with E-state index in [1.165, 1.54) is 25.3 Å². The lowest BCUT2D eigenvalue weighted by Crippen LogP contribution is -2.39. The average molecular weight is 331 g/mol. The second kappa shape index (κ2) is 6.80. The maximum atomic E-state index is 12.6. The van der Waals surface area contributed by atoms with Crippen molar-refractivity contribution < 1.29 is 32.2 Å². The third-order valence-electron chi connectivity index (χ3n) is 3.08. The molecule has 2 rings (SSSR count). The van der Waals surface area contributed by atoms with Gasteiger partial charge in [0.25, 0.3) is 5.91 Å². The van der Waals surface area contributed by atoms with Gasteiger partial charge in [0.1, 0.15) is 19.8 Å². The van der Waals surface area contributed by atoms with Crippen molar-refractivity contribution in [2.45, 2.75) is 6.18 Å². The summed E-state index contributed by atoms with van der Waals surface area (Å²) in [7, 11) is 1.37. The number of nitrogens with zero attached hydrogens (tertiary/aromatic N) is 1. The second-order valence-corrected chi connectivity index (χ2v) is 4.79. The van der Waals surface area contributed by atoms with E-state index >= 15 is 0 Å². The SMILES string of the molecule is C=CCN(CC(F)(F)F)C(=O)c1cc(OC)c2c(c1)OCCO2. The van der Waals surface area contributed by atoms with Gasteiger partial charge in [-0.15, -0.1) is 6.58 Å². The van der Waals surface area contributed by atoms with Crippen LogP contribution in [0.1, 0.15) is 10.4 Å². The lowest BCUT2D eigenvalue weighted by Gasteiger charge is -2.25. The van der Waals surface area contributed by atoms with Gasteiger partial charge in [-0.05, 0) is 12.1 Å². The number of alkyl halides is 3. The van der Waals surface area contributed by atoms with Crippen LogP contribution in [0.2, 0.25) is 0 Å². The number of amides is 1. The van der Waals surface area contributed by atoms with Crippen molar-refractivity contribution in [2.24, 2.45) is 0 Å². The zero-order chi connectivity index (χ0) is 17.0. The number of hydrogen-bond donors (Lipinski definition) is 0. The zero-order valence-electron chi connectivity index (χ0n) is 12.5. The van der Waals surface area contributed by atoms with Crippen LogP contribution in [0, 0.1) is 0 Å². The Labute approximate surface area is 131 Å². The van der Waals surface area contributed by atoms with Crippen molar-refractivity contribution in [2.75, 3.05) is 33.4 Å². The molecule has 0 unspecified atom stereocenters. The third kappa shape index (κ3) is 4.08. The van der Waals surface area contributed by atoms with Gasteiger partial charge < -0.3 is 19.1 Å². The molecule has 1 heterocycles. The Kier molecular flexibility index (Phi) is 5.02. The molecular weight excluding hydrogens is 315 g/mol. The summed E-state index contributed by atoms with van der Waals surface area (Å²) in [5, 5.41) is 0. The molecule has 0 saturated carbocycles. The van der Waals surface area contributed by atoms with Gasteiger partial charge >= 0.3 is 6.18 Å². The number of halogens is 3. The number of methoxy groups -OCH3 is 1. The number of fused-ring (bicyclic) bond motifs is 1. The quantitative estimate of drug-likeness (QED) is 0.779. The van der Waals surface area contributed by atoms with Gasteiger partial charge in [-0.25, -0.2) is 0 Å².